The third-order valence-electron chi connectivity index (χ3n) is 5.38. The van der Waals surface area contributed by atoms with Gasteiger partial charge in [-0.25, -0.2) is 4.79 Å². The first-order chi connectivity index (χ1) is 12.0. The lowest BCUT2D eigenvalue weighted by Crippen LogP contribution is -2.49. The molecule has 2 unspecified atom stereocenters. The van der Waals surface area contributed by atoms with Crippen molar-refractivity contribution in [2.45, 2.75) is 25.7 Å². The molecule has 2 aliphatic rings. The molecule has 2 atom stereocenters. The van der Waals surface area contributed by atoms with Crippen LogP contribution in [0.1, 0.15) is 31.2 Å². The van der Waals surface area contributed by atoms with Gasteiger partial charge in [0, 0.05) is 25.4 Å². The highest BCUT2D eigenvalue weighted by atomic mass is 16.2. The number of rotatable bonds is 2. The van der Waals surface area contributed by atoms with Gasteiger partial charge < -0.3 is 5.32 Å². The zero-order valence-electron chi connectivity index (χ0n) is 14.6. The number of nitrogens with one attached hydrogen (secondary N) is 2. The molecule has 1 aromatic carbocycles. The molecule has 1 aromatic heterocycles. The number of amides is 3. The number of hydrogen-bond donors (Lipinski definition) is 2. The standard InChI is InChI=1S/C18H23N5O2/c1-11-10-19-7-5-13(11)12-3-4-14-15(9-12)22(2)21-17(14)23-8-6-16(24)20-18(23)25/h3-4,9,11,13,19H,5-8,10H2,1-2H3,(H,20,24,25). The van der Waals surface area contributed by atoms with Gasteiger partial charge in [-0.05, 0) is 49.0 Å². The molecule has 7 nitrogen and oxygen atoms in total. The maximum absolute atomic E-state index is 12.2. The molecule has 25 heavy (non-hydrogen) atoms. The average molecular weight is 341 g/mol. The van der Waals surface area contributed by atoms with E-state index < -0.39 is 6.03 Å². The first-order valence-electron chi connectivity index (χ1n) is 8.83. The van der Waals surface area contributed by atoms with E-state index in [0.29, 0.717) is 30.6 Å². The van der Waals surface area contributed by atoms with Crippen molar-refractivity contribution < 1.29 is 9.59 Å². The molecule has 0 saturated carbocycles. The number of aromatic nitrogens is 2. The summed E-state index contributed by atoms with van der Waals surface area (Å²) in [5.74, 6) is 1.52. The smallest absolute Gasteiger partial charge is 0.316 e. The van der Waals surface area contributed by atoms with Crippen LogP contribution in [0.3, 0.4) is 0 Å². The molecular weight excluding hydrogens is 318 g/mol. The summed E-state index contributed by atoms with van der Waals surface area (Å²) in [4.78, 5) is 25.1. The first kappa shape index (κ1) is 16.1. The Labute approximate surface area is 146 Å². The predicted molar refractivity (Wildman–Crippen MR) is 95.6 cm³/mol. The molecule has 4 rings (SSSR count). The summed E-state index contributed by atoms with van der Waals surface area (Å²) in [6.07, 6.45) is 1.43. The fraction of sp³-hybridized carbons (Fsp3) is 0.500. The number of aryl methyl sites for hydroxylation is 1. The first-order valence-corrected chi connectivity index (χ1v) is 8.83. The van der Waals surface area contributed by atoms with Gasteiger partial charge in [0.05, 0.1) is 5.52 Å². The second kappa shape index (κ2) is 6.15. The number of carbonyl (C=O) groups excluding carboxylic acids is 2. The Kier molecular flexibility index (Phi) is 3.95. The van der Waals surface area contributed by atoms with Crippen molar-refractivity contribution in [3.05, 3.63) is 23.8 Å². The van der Waals surface area contributed by atoms with Crippen molar-refractivity contribution in [2.24, 2.45) is 13.0 Å². The molecule has 3 heterocycles. The van der Waals surface area contributed by atoms with E-state index in [0.717, 1.165) is 30.4 Å². The van der Waals surface area contributed by atoms with E-state index in [1.165, 1.54) is 5.56 Å². The van der Waals surface area contributed by atoms with Gasteiger partial charge in [0.2, 0.25) is 5.91 Å². The summed E-state index contributed by atoms with van der Waals surface area (Å²) in [6, 6.07) is 6.02. The minimum atomic E-state index is -0.396. The lowest BCUT2D eigenvalue weighted by Gasteiger charge is -2.30. The molecule has 2 fully saturated rings. The minimum Gasteiger partial charge on any atom is -0.316 e. The molecule has 0 aliphatic carbocycles. The van der Waals surface area contributed by atoms with Crippen LogP contribution in [-0.4, -0.2) is 41.4 Å². The third kappa shape index (κ3) is 2.78. The van der Waals surface area contributed by atoms with Crippen molar-refractivity contribution in [3.63, 3.8) is 0 Å². The molecule has 3 amide bonds. The van der Waals surface area contributed by atoms with E-state index in [4.69, 9.17) is 0 Å². The molecule has 2 saturated heterocycles. The number of carbonyl (C=O) groups is 2. The van der Waals surface area contributed by atoms with Crippen molar-refractivity contribution in [1.29, 1.82) is 0 Å². The van der Waals surface area contributed by atoms with E-state index in [9.17, 15) is 9.59 Å². The summed E-state index contributed by atoms with van der Waals surface area (Å²) in [5, 5.41) is 11.3. The zero-order valence-corrected chi connectivity index (χ0v) is 14.6. The zero-order chi connectivity index (χ0) is 17.6. The lowest BCUT2D eigenvalue weighted by molar-refractivity contribution is -0.120. The van der Waals surface area contributed by atoms with Crippen LogP contribution in [0.4, 0.5) is 10.6 Å². The van der Waals surface area contributed by atoms with Crippen LogP contribution in [0.5, 0.6) is 0 Å². The Morgan fingerprint density at radius 2 is 2.12 bits per heavy atom. The van der Waals surface area contributed by atoms with Gasteiger partial charge in [0.25, 0.3) is 0 Å². The minimum absolute atomic E-state index is 0.233. The Morgan fingerprint density at radius 3 is 2.88 bits per heavy atom. The van der Waals surface area contributed by atoms with Crippen LogP contribution in [0.15, 0.2) is 18.2 Å². The summed E-state index contributed by atoms with van der Waals surface area (Å²) in [6.45, 7) is 4.74. The highest BCUT2D eigenvalue weighted by molar-refractivity contribution is 6.08. The van der Waals surface area contributed by atoms with Crippen molar-refractivity contribution >= 4 is 28.7 Å². The maximum Gasteiger partial charge on any atom is 0.329 e. The number of hydrogen-bond acceptors (Lipinski definition) is 4. The number of piperidine rings is 1. The third-order valence-corrected chi connectivity index (χ3v) is 5.38. The number of anilines is 1. The summed E-state index contributed by atoms with van der Waals surface area (Å²) in [5.41, 5.74) is 2.34. The summed E-state index contributed by atoms with van der Waals surface area (Å²) in [7, 11) is 1.90. The SMILES string of the molecule is CC1CNCCC1c1ccc2c(N3CCC(=O)NC3=O)nn(C)c2c1. The second-order valence-electron chi connectivity index (χ2n) is 7.06. The molecular formula is C18H23N5O2. The van der Waals surface area contributed by atoms with Gasteiger partial charge in [-0.3, -0.25) is 19.7 Å². The summed E-state index contributed by atoms with van der Waals surface area (Å²) >= 11 is 0. The highest BCUT2D eigenvalue weighted by Gasteiger charge is 2.29. The Hall–Kier alpha value is -2.41. The number of benzene rings is 1. The quantitative estimate of drug-likeness (QED) is 0.872. The second-order valence-corrected chi connectivity index (χ2v) is 7.06. The molecule has 2 aromatic rings. The van der Waals surface area contributed by atoms with Crippen LogP contribution in [0.25, 0.3) is 10.9 Å². The number of fused-ring (bicyclic) bond motifs is 1. The van der Waals surface area contributed by atoms with Gasteiger partial charge in [-0.2, -0.15) is 5.10 Å². The number of urea groups is 1. The normalized spacial score (nSPS) is 24.6. The average Bonchev–Trinajstić information content (AvgIpc) is 2.91. The molecule has 132 valence electrons. The van der Waals surface area contributed by atoms with E-state index in [2.05, 4.69) is 40.9 Å². The Morgan fingerprint density at radius 1 is 1.28 bits per heavy atom. The van der Waals surface area contributed by atoms with Crippen LogP contribution in [0.2, 0.25) is 0 Å². The fourth-order valence-electron chi connectivity index (χ4n) is 3.96. The maximum atomic E-state index is 12.2. The molecule has 0 bridgehead atoms. The van der Waals surface area contributed by atoms with Gasteiger partial charge >= 0.3 is 6.03 Å². The summed E-state index contributed by atoms with van der Waals surface area (Å²) < 4.78 is 1.82. The predicted octanol–water partition coefficient (Wildman–Crippen LogP) is 1.73. The number of imide groups is 1. The topological polar surface area (TPSA) is 79.3 Å². The van der Waals surface area contributed by atoms with Crippen molar-refractivity contribution in [2.75, 3.05) is 24.5 Å². The van der Waals surface area contributed by atoms with E-state index in [-0.39, 0.29) is 5.91 Å². The molecule has 7 heteroatoms. The molecule has 2 N–H and O–H groups in total. The Bertz CT molecular complexity index is 843. The van der Waals surface area contributed by atoms with Crippen LogP contribution in [-0.2, 0) is 11.8 Å². The van der Waals surface area contributed by atoms with E-state index in [1.807, 2.05) is 11.7 Å². The van der Waals surface area contributed by atoms with Gasteiger partial charge in [0.15, 0.2) is 5.82 Å². The Balaban J connectivity index is 1.71. The van der Waals surface area contributed by atoms with Crippen molar-refractivity contribution in [3.8, 4) is 0 Å². The fourth-order valence-corrected chi connectivity index (χ4v) is 3.96. The van der Waals surface area contributed by atoms with E-state index >= 15 is 0 Å². The van der Waals surface area contributed by atoms with Gasteiger partial charge in [-0.15, -0.1) is 0 Å². The lowest BCUT2D eigenvalue weighted by atomic mass is 9.82. The van der Waals surface area contributed by atoms with Gasteiger partial charge in [-0.1, -0.05) is 13.0 Å². The van der Waals surface area contributed by atoms with Crippen molar-refractivity contribution in [1.82, 2.24) is 20.4 Å². The number of nitrogens with zero attached hydrogens (tertiary/aromatic N) is 3. The van der Waals surface area contributed by atoms with Gasteiger partial charge in [0.1, 0.15) is 0 Å². The van der Waals surface area contributed by atoms with Crippen LogP contribution < -0.4 is 15.5 Å². The molecule has 0 spiro atoms. The van der Waals surface area contributed by atoms with Crippen LogP contribution in [0, 0.1) is 5.92 Å². The van der Waals surface area contributed by atoms with E-state index in [1.54, 1.807) is 4.90 Å². The molecule has 0 radical (unpaired) electrons. The largest absolute Gasteiger partial charge is 0.329 e. The molecule has 2 aliphatic heterocycles. The monoisotopic (exact) mass is 341 g/mol. The highest BCUT2D eigenvalue weighted by Crippen LogP contribution is 2.34. The van der Waals surface area contributed by atoms with Crippen LogP contribution >= 0.6 is 0 Å².